The molecule has 0 amide bonds. The second kappa shape index (κ2) is 6.32. The maximum Gasteiger partial charge on any atom is 0.217 e. The maximum atomic E-state index is 11.9. The molecule has 1 atom stereocenters. The minimum atomic E-state index is -3.34. The molecule has 1 fully saturated rings. The SMILES string of the molecule is CCOCCS(=O)(=O)N1CCCCC1C=O. The Kier molecular flexibility index (Phi) is 5.37. The molecule has 1 heterocycles. The molecule has 1 aliphatic heterocycles. The number of carbonyl (C=O) groups is 1. The molecule has 1 rings (SSSR count). The lowest BCUT2D eigenvalue weighted by atomic mass is 10.1. The highest BCUT2D eigenvalue weighted by Gasteiger charge is 2.31. The second-order valence-corrected chi connectivity index (χ2v) is 5.86. The zero-order valence-electron chi connectivity index (χ0n) is 9.59. The number of rotatable bonds is 6. The van der Waals surface area contributed by atoms with Crippen LogP contribution in [-0.4, -0.2) is 50.6 Å². The number of sulfonamides is 1. The number of ether oxygens (including phenoxy) is 1. The number of piperidine rings is 1. The molecule has 0 radical (unpaired) electrons. The van der Waals surface area contributed by atoms with Gasteiger partial charge in [-0.1, -0.05) is 6.42 Å². The summed E-state index contributed by atoms with van der Waals surface area (Å²) in [6, 6.07) is -0.472. The molecule has 0 aromatic carbocycles. The fraction of sp³-hybridized carbons (Fsp3) is 0.900. The van der Waals surface area contributed by atoms with Gasteiger partial charge in [-0.3, -0.25) is 0 Å². The lowest BCUT2D eigenvalue weighted by molar-refractivity contribution is -0.111. The van der Waals surface area contributed by atoms with Crippen LogP contribution in [0.5, 0.6) is 0 Å². The van der Waals surface area contributed by atoms with Crippen molar-refractivity contribution in [3.05, 3.63) is 0 Å². The minimum Gasteiger partial charge on any atom is -0.381 e. The largest absolute Gasteiger partial charge is 0.381 e. The summed E-state index contributed by atoms with van der Waals surface area (Å²) < 4.78 is 30.2. The van der Waals surface area contributed by atoms with E-state index in [1.165, 1.54) is 4.31 Å². The van der Waals surface area contributed by atoms with Crippen LogP contribution >= 0.6 is 0 Å². The van der Waals surface area contributed by atoms with Gasteiger partial charge in [-0.2, -0.15) is 4.31 Å². The smallest absolute Gasteiger partial charge is 0.217 e. The Morgan fingerprint density at radius 2 is 2.19 bits per heavy atom. The van der Waals surface area contributed by atoms with Crippen LogP contribution in [0.4, 0.5) is 0 Å². The monoisotopic (exact) mass is 249 g/mol. The summed E-state index contributed by atoms with van der Waals surface area (Å²) in [5.74, 6) is -0.0365. The van der Waals surface area contributed by atoms with E-state index >= 15 is 0 Å². The Labute approximate surface area is 96.8 Å². The van der Waals surface area contributed by atoms with E-state index in [0.29, 0.717) is 19.6 Å². The van der Waals surface area contributed by atoms with Crippen molar-refractivity contribution in [2.75, 3.05) is 25.5 Å². The molecule has 0 saturated carbocycles. The quantitative estimate of drug-likeness (QED) is 0.505. The normalized spacial score (nSPS) is 23.2. The van der Waals surface area contributed by atoms with Gasteiger partial charge in [0.05, 0.1) is 18.4 Å². The number of carbonyl (C=O) groups excluding carboxylic acids is 1. The summed E-state index contributed by atoms with van der Waals surface area (Å²) in [6.07, 6.45) is 3.12. The third-order valence-corrected chi connectivity index (χ3v) is 4.55. The molecule has 0 aromatic rings. The molecule has 0 N–H and O–H groups in total. The van der Waals surface area contributed by atoms with E-state index in [9.17, 15) is 13.2 Å². The van der Waals surface area contributed by atoms with Gasteiger partial charge in [-0.05, 0) is 19.8 Å². The number of nitrogens with zero attached hydrogens (tertiary/aromatic N) is 1. The van der Waals surface area contributed by atoms with Gasteiger partial charge in [-0.25, -0.2) is 8.42 Å². The van der Waals surface area contributed by atoms with E-state index < -0.39 is 16.1 Å². The topological polar surface area (TPSA) is 63.7 Å². The maximum absolute atomic E-state index is 11.9. The van der Waals surface area contributed by atoms with Crippen LogP contribution in [0.1, 0.15) is 26.2 Å². The molecule has 0 aromatic heterocycles. The van der Waals surface area contributed by atoms with E-state index in [2.05, 4.69) is 0 Å². The van der Waals surface area contributed by atoms with Crippen molar-refractivity contribution in [3.8, 4) is 0 Å². The summed E-state index contributed by atoms with van der Waals surface area (Å²) in [4.78, 5) is 10.8. The van der Waals surface area contributed by atoms with Gasteiger partial charge in [0, 0.05) is 13.2 Å². The third kappa shape index (κ3) is 3.54. The van der Waals surface area contributed by atoms with Crippen molar-refractivity contribution in [3.63, 3.8) is 0 Å². The summed E-state index contributed by atoms with van der Waals surface area (Å²) in [5.41, 5.74) is 0. The Morgan fingerprint density at radius 3 is 2.81 bits per heavy atom. The Bertz CT molecular complexity index is 315. The first kappa shape index (κ1) is 13.6. The van der Waals surface area contributed by atoms with Gasteiger partial charge in [0.15, 0.2) is 0 Å². The van der Waals surface area contributed by atoms with Crippen molar-refractivity contribution in [1.29, 1.82) is 0 Å². The van der Waals surface area contributed by atoms with Crippen LogP contribution in [0.3, 0.4) is 0 Å². The van der Waals surface area contributed by atoms with Crippen molar-refractivity contribution in [2.24, 2.45) is 0 Å². The molecule has 94 valence electrons. The summed E-state index contributed by atoms with van der Waals surface area (Å²) in [6.45, 7) is 2.98. The van der Waals surface area contributed by atoms with Gasteiger partial charge in [0.2, 0.25) is 10.0 Å². The summed E-state index contributed by atoms with van der Waals surface area (Å²) in [5, 5.41) is 0. The molecule has 0 bridgehead atoms. The van der Waals surface area contributed by atoms with E-state index in [1.807, 2.05) is 6.92 Å². The van der Waals surface area contributed by atoms with Gasteiger partial charge in [0.25, 0.3) is 0 Å². The van der Waals surface area contributed by atoms with E-state index in [4.69, 9.17) is 4.74 Å². The van der Waals surface area contributed by atoms with Crippen molar-refractivity contribution in [1.82, 2.24) is 4.31 Å². The average molecular weight is 249 g/mol. The highest BCUT2D eigenvalue weighted by atomic mass is 32.2. The molecule has 5 nitrogen and oxygen atoms in total. The molecule has 1 saturated heterocycles. The first-order chi connectivity index (χ1) is 7.61. The number of hydrogen-bond donors (Lipinski definition) is 0. The van der Waals surface area contributed by atoms with Crippen LogP contribution < -0.4 is 0 Å². The lowest BCUT2D eigenvalue weighted by Gasteiger charge is -2.31. The van der Waals surface area contributed by atoms with Crippen LogP contribution in [-0.2, 0) is 19.6 Å². The van der Waals surface area contributed by atoms with Crippen LogP contribution in [0.2, 0.25) is 0 Å². The van der Waals surface area contributed by atoms with Gasteiger partial charge >= 0.3 is 0 Å². The highest BCUT2D eigenvalue weighted by Crippen LogP contribution is 2.19. The zero-order chi connectivity index (χ0) is 12.0. The van der Waals surface area contributed by atoms with Gasteiger partial charge in [-0.15, -0.1) is 0 Å². The Balaban J connectivity index is 2.61. The van der Waals surface area contributed by atoms with Gasteiger partial charge < -0.3 is 9.53 Å². The predicted octanol–water partition coefficient (Wildman–Crippen LogP) is 0.406. The number of aldehydes is 1. The van der Waals surface area contributed by atoms with Gasteiger partial charge in [0.1, 0.15) is 6.29 Å². The molecule has 1 unspecified atom stereocenters. The van der Waals surface area contributed by atoms with E-state index in [0.717, 1.165) is 19.1 Å². The molecular weight excluding hydrogens is 230 g/mol. The van der Waals surface area contributed by atoms with Crippen molar-refractivity contribution < 1.29 is 17.9 Å². The van der Waals surface area contributed by atoms with Crippen LogP contribution in [0, 0.1) is 0 Å². The van der Waals surface area contributed by atoms with E-state index in [1.54, 1.807) is 0 Å². The van der Waals surface area contributed by atoms with Crippen molar-refractivity contribution in [2.45, 2.75) is 32.2 Å². The first-order valence-electron chi connectivity index (χ1n) is 5.64. The molecule has 16 heavy (non-hydrogen) atoms. The molecule has 0 aliphatic carbocycles. The average Bonchev–Trinajstić information content (AvgIpc) is 2.29. The zero-order valence-corrected chi connectivity index (χ0v) is 10.4. The summed E-state index contributed by atoms with van der Waals surface area (Å²) in [7, 11) is -3.34. The molecule has 0 spiro atoms. The fourth-order valence-corrected chi connectivity index (χ4v) is 3.38. The molecule has 1 aliphatic rings. The van der Waals surface area contributed by atoms with Crippen LogP contribution in [0.15, 0.2) is 0 Å². The fourth-order valence-electron chi connectivity index (χ4n) is 1.84. The first-order valence-corrected chi connectivity index (χ1v) is 7.25. The van der Waals surface area contributed by atoms with Crippen LogP contribution in [0.25, 0.3) is 0 Å². The third-order valence-electron chi connectivity index (χ3n) is 2.70. The molecule has 6 heteroatoms. The lowest BCUT2D eigenvalue weighted by Crippen LogP contribution is -2.46. The predicted molar refractivity (Wildman–Crippen MR) is 60.7 cm³/mol. The number of hydrogen-bond acceptors (Lipinski definition) is 4. The molecular formula is C10H19NO4S. The standard InChI is InChI=1S/C10H19NO4S/c1-2-15-7-8-16(13,14)11-6-4-3-5-10(11)9-12/h9-10H,2-8H2,1H3. The Hall–Kier alpha value is -0.460. The summed E-state index contributed by atoms with van der Waals surface area (Å²) >= 11 is 0. The second-order valence-electron chi connectivity index (χ2n) is 3.82. The Morgan fingerprint density at radius 1 is 1.44 bits per heavy atom. The van der Waals surface area contributed by atoms with E-state index in [-0.39, 0.29) is 12.4 Å². The highest BCUT2D eigenvalue weighted by molar-refractivity contribution is 7.89. The minimum absolute atomic E-state index is 0.0365. The van der Waals surface area contributed by atoms with Crippen molar-refractivity contribution >= 4 is 16.3 Å².